The molecule has 0 rings (SSSR count). The molecule has 0 aromatic carbocycles. The quantitative estimate of drug-likeness (QED) is 0.0212. The highest BCUT2D eigenvalue weighted by molar-refractivity contribution is 7.47. The van der Waals surface area contributed by atoms with Gasteiger partial charge in [0.2, 0.25) is 0 Å². The molecule has 9 nitrogen and oxygen atoms in total. The van der Waals surface area contributed by atoms with Crippen molar-refractivity contribution in [3.8, 4) is 0 Å². The van der Waals surface area contributed by atoms with Crippen LogP contribution in [-0.2, 0) is 32.7 Å². The minimum absolute atomic E-state index is 0.0319. The number of esters is 2. The lowest BCUT2D eigenvalue weighted by Crippen LogP contribution is -2.37. The van der Waals surface area contributed by atoms with Gasteiger partial charge in [0.1, 0.15) is 19.8 Å². The molecule has 2 unspecified atom stereocenters. The Bertz CT molecular complexity index is 1060. The Hall–Kier alpha value is -1.51. The van der Waals surface area contributed by atoms with Gasteiger partial charge in [-0.2, -0.15) is 0 Å². The van der Waals surface area contributed by atoms with E-state index in [1.807, 2.05) is 21.1 Å². The van der Waals surface area contributed by atoms with Crippen LogP contribution in [0.5, 0.6) is 0 Å². The molecule has 0 aromatic rings. The Morgan fingerprint density at radius 3 is 1.32 bits per heavy atom. The number of unbranched alkanes of at least 4 members (excludes halogenated alkanes) is 27. The predicted octanol–water partition coefficient (Wildman–Crippen LogP) is 14.3. The van der Waals surface area contributed by atoms with Crippen molar-refractivity contribution in [1.82, 2.24) is 0 Å². The highest BCUT2D eigenvalue weighted by Gasteiger charge is 2.27. The lowest BCUT2D eigenvalue weighted by molar-refractivity contribution is -0.870. The summed E-state index contributed by atoms with van der Waals surface area (Å²) < 4.78 is 34.3. The van der Waals surface area contributed by atoms with Crippen LogP contribution in [-0.4, -0.2) is 74.9 Å². The molecular weight excluding hydrogens is 762 g/mol. The van der Waals surface area contributed by atoms with Crippen molar-refractivity contribution in [2.24, 2.45) is 0 Å². The maximum atomic E-state index is 12.7. The van der Waals surface area contributed by atoms with Gasteiger partial charge in [0, 0.05) is 12.8 Å². The number of hydrogen-bond donors (Lipinski definition) is 1. The molecule has 2 atom stereocenters. The maximum absolute atomic E-state index is 12.7. The van der Waals surface area contributed by atoms with E-state index in [2.05, 4.69) is 38.2 Å². The zero-order valence-corrected chi connectivity index (χ0v) is 40.1. The molecule has 0 aliphatic heterocycles. The summed E-state index contributed by atoms with van der Waals surface area (Å²) in [5.74, 6) is -0.804. The number of carbonyl (C=O) groups is 2. The summed E-state index contributed by atoms with van der Waals surface area (Å²) in [6.07, 6.45) is 46.8. The van der Waals surface area contributed by atoms with Crippen LogP contribution in [0, 0.1) is 0 Å². The van der Waals surface area contributed by atoms with Gasteiger partial charge < -0.3 is 18.9 Å². The van der Waals surface area contributed by atoms with Crippen molar-refractivity contribution in [2.75, 3.05) is 47.5 Å². The molecular formula is C49H95NO8P+. The first-order valence-corrected chi connectivity index (χ1v) is 26.1. The number of likely N-dealkylation sites (N-methyl/N-ethyl adjacent to an activating group) is 1. The summed E-state index contributed by atoms with van der Waals surface area (Å²) in [5, 5.41) is 0. The second kappa shape index (κ2) is 41.8. The molecule has 0 amide bonds. The van der Waals surface area contributed by atoms with Crippen molar-refractivity contribution in [1.29, 1.82) is 0 Å². The van der Waals surface area contributed by atoms with Crippen LogP contribution in [0.25, 0.3) is 0 Å². The number of ether oxygens (including phenoxy) is 2. The molecule has 0 aliphatic rings. The van der Waals surface area contributed by atoms with Gasteiger partial charge in [-0.1, -0.05) is 179 Å². The standard InChI is InChI=1S/C49H94NO8P/c1-6-8-10-12-14-16-18-19-20-21-22-23-24-25-26-27-28-29-30-31-32-34-36-38-40-42-49(52)58-47(46-57-59(53,54)56-44-43-50(3,4)5)45-55-48(51)41-39-37-35-33-17-15-13-11-9-7-2/h11,13,21-22,47H,6-10,12,14-20,23-46H2,1-5H3/p+1/b13-11-,22-21-. The van der Waals surface area contributed by atoms with Crippen LogP contribution in [0.4, 0.5) is 0 Å². The monoisotopic (exact) mass is 857 g/mol. The normalized spacial score (nSPS) is 13.7. The molecule has 0 bridgehead atoms. The number of nitrogens with zero attached hydrogens (tertiary/aromatic N) is 1. The first-order valence-electron chi connectivity index (χ1n) is 24.6. The van der Waals surface area contributed by atoms with Gasteiger partial charge in [0.05, 0.1) is 27.7 Å². The van der Waals surface area contributed by atoms with E-state index in [4.69, 9.17) is 18.5 Å². The fourth-order valence-electron chi connectivity index (χ4n) is 6.84. The Balaban J connectivity index is 4.12. The molecule has 0 aromatic heterocycles. The van der Waals surface area contributed by atoms with Crippen molar-refractivity contribution in [3.63, 3.8) is 0 Å². The first-order chi connectivity index (χ1) is 28.5. The topological polar surface area (TPSA) is 108 Å². The molecule has 0 saturated carbocycles. The van der Waals surface area contributed by atoms with Crippen LogP contribution < -0.4 is 0 Å². The van der Waals surface area contributed by atoms with Crippen LogP contribution in [0.15, 0.2) is 24.3 Å². The molecule has 0 spiro atoms. The highest BCUT2D eigenvalue weighted by atomic mass is 31.2. The molecule has 0 aliphatic carbocycles. The third-order valence-electron chi connectivity index (χ3n) is 10.7. The summed E-state index contributed by atoms with van der Waals surface area (Å²) in [4.78, 5) is 35.4. The number of phosphoric acid groups is 1. The average Bonchev–Trinajstić information content (AvgIpc) is 3.19. The number of rotatable bonds is 45. The zero-order valence-electron chi connectivity index (χ0n) is 39.2. The Morgan fingerprint density at radius 1 is 0.508 bits per heavy atom. The third-order valence-corrected chi connectivity index (χ3v) is 11.7. The van der Waals surface area contributed by atoms with E-state index in [0.29, 0.717) is 17.4 Å². The fraction of sp³-hybridized carbons (Fsp3) is 0.878. The molecule has 0 saturated heterocycles. The Labute approximate surface area is 364 Å². The Kier molecular flexibility index (Phi) is 40.8. The van der Waals surface area contributed by atoms with Crippen LogP contribution in [0.2, 0.25) is 0 Å². The Morgan fingerprint density at radius 2 is 0.898 bits per heavy atom. The van der Waals surface area contributed by atoms with E-state index in [0.717, 1.165) is 57.8 Å². The number of allylic oxidation sites excluding steroid dienone is 4. The second-order valence-corrected chi connectivity index (χ2v) is 19.3. The summed E-state index contributed by atoms with van der Waals surface area (Å²) in [7, 11) is 1.48. The van der Waals surface area contributed by atoms with Crippen LogP contribution in [0.3, 0.4) is 0 Å². The van der Waals surface area contributed by atoms with Gasteiger partial charge in [0.25, 0.3) is 0 Å². The average molecular weight is 857 g/mol. The predicted molar refractivity (Wildman–Crippen MR) is 247 cm³/mol. The number of phosphoric ester groups is 1. The minimum Gasteiger partial charge on any atom is -0.462 e. The highest BCUT2D eigenvalue weighted by Crippen LogP contribution is 2.43. The fourth-order valence-corrected chi connectivity index (χ4v) is 7.58. The van der Waals surface area contributed by atoms with Gasteiger partial charge in [-0.15, -0.1) is 0 Å². The largest absolute Gasteiger partial charge is 0.472 e. The summed E-state index contributed by atoms with van der Waals surface area (Å²) >= 11 is 0. The van der Waals surface area contributed by atoms with Crippen LogP contribution >= 0.6 is 7.82 Å². The van der Waals surface area contributed by atoms with E-state index < -0.39 is 26.5 Å². The van der Waals surface area contributed by atoms with Gasteiger partial charge in [-0.25, -0.2) is 4.57 Å². The van der Waals surface area contributed by atoms with E-state index in [-0.39, 0.29) is 32.0 Å². The molecule has 0 fully saturated rings. The van der Waals surface area contributed by atoms with Gasteiger partial charge in [-0.05, 0) is 57.8 Å². The number of hydrogen-bond acceptors (Lipinski definition) is 7. The minimum atomic E-state index is -4.37. The van der Waals surface area contributed by atoms with Crippen molar-refractivity contribution in [2.45, 2.75) is 232 Å². The first kappa shape index (κ1) is 57.5. The van der Waals surface area contributed by atoms with Gasteiger partial charge in [0.15, 0.2) is 6.10 Å². The molecule has 1 N–H and O–H groups in total. The second-order valence-electron chi connectivity index (χ2n) is 17.8. The number of carbonyl (C=O) groups excluding carboxylic acids is 2. The molecule has 10 heteroatoms. The molecule has 59 heavy (non-hydrogen) atoms. The van der Waals surface area contributed by atoms with Crippen LogP contribution in [0.1, 0.15) is 226 Å². The lowest BCUT2D eigenvalue weighted by atomic mass is 10.0. The molecule has 0 radical (unpaired) electrons. The zero-order chi connectivity index (χ0) is 43.6. The molecule has 348 valence electrons. The summed E-state index contributed by atoms with van der Waals surface area (Å²) in [6.45, 7) is 4.37. The molecule has 0 heterocycles. The van der Waals surface area contributed by atoms with E-state index >= 15 is 0 Å². The van der Waals surface area contributed by atoms with Crippen molar-refractivity contribution in [3.05, 3.63) is 24.3 Å². The van der Waals surface area contributed by atoms with Crippen molar-refractivity contribution < 1.29 is 42.1 Å². The smallest absolute Gasteiger partial charge is 0.462 e. The summed E-state index contributed by atoms with van der Waals surface area (Å²) in [5.41, 5.74) is 0. The van der Waals surface area contributed by atoms with Gasteiger partial charge in [-0.3, -0.25) is 18.6 Å². The third kappa shape index (κ3) is 45.8. The van der Waals surface area contributed by atoms with E-state index in [9.17, 15) is 19.0 Å². The van der Waals surface area contributed by atoms with Gasteiger partial charge >= 0.3 is 19.8 Å². The summed E-state index contributed by atoms with van der Waals surface area (Å²) in [6, 6.07) is 0. The SMILES string of the molecule is CCC/C=C\CCCCCCCC(=O)OCC(COP(=O)(O)OCC[N+](C)(C)C)OC(=O)CCCCCCCCCCCCCCC/C=C\CCCCCCCCCC. The van der Waals surface area contributed by atoms with E-state index in [1.54, 1.807) is 0 Å². The number of quaternary nitrogens is 1. The van der Waals surface area contributed by atoms with E-state index in [1.165, 1.54) is 135 Å². The lowest BCUT2D eigenvalue weighted by Gasteiger charge is -2.24. The van der Waals surface area contributed by atoms with Crippen molar-refractivity contribution >= 4 is 19.8 Å². The maximum Gasteiger partial charge on any atom is 0.472 e.